The Morgan fingerprint density at radius 2 is 1.82 bits per heavy atom. The van der Waals surface area contributed by atoms with Crippen LogP contribution in [-0.4, -0.2) is 26.1 Å². The second kappa shape index (κ2) is 8.20. The molecule has 1 aliphatic heterocycles. The first-order valence-electron chi connectivity index (χ1n) is 8.32. The van der Waals surface area contributed by atoms with E-state index in [0.29, 0.717) is 22.2 Å². The Balaban J connectivity index is 2.12. The second-order valence-electron chi connectivity index (χ2n) is 6.02. The van der Waals surface area contributed by atoms with E-state index >= 15 is 0 Å². The number of halogens is 2. The lowest BCUT2D eigenvalue weighted by Crippen LogP contribution is -2.24. The van der Waals surface area contributed by atoms with Gasteiger partial charge in [-0.3, -0.25) is 9.69 Å². The van der Waals surface area contributed by atoms with E-state index in [1.165, 1.54) is 19.1 Å². The Bertz CT molecular complexity index is 1010. The molecule has 0 N–H and O–H groups in total. The normalized spacial score (nSPS) is 15.4. The van der Waals surface area contributed by atoms with Gasteiger partial charge in [-0.15, -0.1) is 0 Å². The maximum absolute atomic E-state index is 13.2. The van der Waals surface area contributed by atoms with Crippen molar-refractivity contribution in [2.45, 2.75) is 6.92 Å². The third-order valence-electron chi connectivity index (χ3n) is 4.36. The van der Waals surface area contributed by atoms with E-state index in [1.807, 2.05) is 24.3 Å². The summed E-state index contributed by atoms with van der Waals surface area (Å²) in [4.78, 5) is 27.1. The standard InChI is InChI=1S/C21H17BrClNO4/c1-12-19(21(26)28-3)16(10-13-4-6-14(22)7-5-13)20(25)24(12)15-8-9-18(27-2)17(23)11-15/h4-11H,1-3H3/b16-10-. The number of nitrogens with zero attached hydrogens (tertiary/aromatic N) is 1. The highest BCUT2D eigenvalue weighted by atomic mass is 79.9. The molecule has 0 aliphatic carbocycles. The molecule has 144 valence electrons. The Morgan fingerprint density at radius 3 is 2.39 bits per heavy atom. The molecule has 3 rings (SSSR count). The van der Waals surface area contributed by atoms with E-state index in [2.05, 4.69) is 15.9 Å². The fourth-order valence-electron chi connectivity index (χ4n) is 3.01. The summed E-state index contributed by atoms with van der Waals surface area (Å²) in [6.07, 6.45) is 1.68. The van der Waals surface area contributed by atoms with Crippen molar-refractivity contribution in [3.05, 3.63) is 74.4 Å². The van der Waals surface area contributed by atoms with Crippen LogP contribution in [0.2, 0.25) is 5.02 Å². The van der Waals surface area contributed by atoms with Crippen molar-refractivity contribution in [3.8, 4) is 5.75 Å². The van der Waals surface area contributed by atoms with E-state index in [1.54, 1.807) is 31.2 Å². The first kappa shape index (κ1) is 20.2. The van der Waals surface area contributed by atoms with Crippen LogP contribution in [0, 0.1) is 0 Å². The fraction of sp³-hybridized carbons (Fsp3) is 0.143. The van der Waals surface area contributed by atoms with Gasteiger partial charge in [-0.25, -0.2) is 4.79 Å². The maximum Gasteiger partial charge on any atom is 0.340 e. The molecule has 2 aromatic rings. The molecule has 2 aromatic carbocycles. The van der Waals surface area contributed by atoms with Crippen molar-refractivity contribution in [3.63, 3.8) is 0 Å². The number of amides is 1. The Labute approximate surface area is 176 Å². The molecular formula is C21H17BrClNO4. The summed E-state index contributed by atoms with van der Waals surface area (Å²) in [6.45, 7) is 1.70. The Hall–Kier alpha value is -2.57. The number of esters is 1. The number of benzene rings is 2. The van der Waals surface area contributed by atoms with Gasteiger partial charge < -0.3 is 9.47 Å². The molecule has 1 heterocycles. The third-order valence-corrected chi connectivity index (χ3v) is 5.19. The van der Waals surface area contributed by atoms with Crippen LogP contribution in [0.1, 0.15) is 12.5 Å². The van der Waals surface area contributed by atoms with Crippen LogP contribution in [-0.2, 0) is 14.3 Å². The molecule has 0 bridgehead atoms. The van der Waals surface area contributed by atoms with Gasteiger partial charge in [0.25, 0.3) is 5.91 Å². The average molecular weight is 463 g/mol. The summed E-state index contributed by atoms with van der Waals surface area (Å²) in [5.41, 5.74) is 2.28. The fourth-order valence-corrected chi connectivity index (χ4v) is 3.53. The Morgan fingerprint density at radius 1 is 1.14 bits per heavy atom. The zero-order valence-corrected chi connectivity index (χ0v) is 17.8. The van der Waals surface area contributed by atoms with Crippen LogP contribution in [0.25, 0.3) is 6.08 Å². The highest BCUT2D eigenvalue weighted by Crippen LogP contribution is 2.38. The molecule has 0 saturated carbocycles. The van der Waals surface area contributed by atoms with E-state index in [-0.39, 0.29) is 17.1 Å². The maximum atomic E-state index is 13.2. The SMILES string of the molecule is COC(=O)C1=C(C)N(c2ccc(OC)c(Cl)c2)C(=O)/C1=C\c1ccc(Br)cc1. The molecule has 1 aliphatic rings. The minimum atomic E-state index is -0.573. The van der Waals surface area contributed by atoms with Gasteiger partial charge in [-0.2, -0.15) is 0 Å². The smallest absolute Gasteiger partial charge is 0.340 e. The van der Waals surface area contributed by atoms with Crippen molar-refractivity contribution in [2.24, 2.45) is 0 Å². The van der Waals surface area contributed by atoms with Gasteiger partial charge in [-0.1, -0.05) is 39.7 Å². The van der Waals surface area contributed by atoms with Crippen molar-refractivity contribution in [1.29, 1.82) is 0 Å². The molecule has 0 spiro atoms. The largest absolute Gasteiger partial charge is 0.495 e. The summed E-state index contributed by atoms with van der Waals surface area (Å²) in [6, 6.07) is 12.4. The first-order chi connectivity index (χ1) is 13.4. The predicted molar refractivity (Wildman–Crippen MR) is 112 cm³/mol. The van der Waals surface area contributed by atoms with Gasteiger partial charge in [0, 0.05) is 10.2 Å². The number of rotatable bonds is 4. The molecule has 5 nitrogen and oxygen atoms in total. The lowest BCUT2D eigenvalue weighted by Gasteiger charge is -2.19. The van der Waals surface area contributed by atoms with Gasteiger partial charge in [-0.05, 0) is 48.9 Å². The monoisotopic (exact) mass is 461 g/mol. The molecule has 28 heavy (non-hydrogen) atoms. The van der Waals surface area contributed by atoms with E-state index < -0.39 is 5.97 Å². The van der Waals surface area contributed by atoms with Gasteiger partial charge in [0.15, 0.2) is 0 Å². The predicted octanol–water partition coefficient (Wildman–Crippen LogP) is 4.99. The van der Waals surface area contributed by atoms with Crippen LogP contribution in [0.15, 0.2) is 63.8 Å². The summed E-state index contributed by atoms with van der Waals surface area (Å²) < 4.78 is 11.0. The molecule has 0 unspecified atom stereocenters. The zero-order valence-electron chi connectivity index (χ0n) is 15.5. The zero-order chi connectivity index (χ0) is 20.4. The highest BCUT2D eigenvalue weighted by Gasteiger charge is 2.38. The molecule has 0 aromatic heterocycles. The lowest BCUT2D eigenvalue weighted by molar-refractivity contribution is -0.136. The topological polar surface area (TPSA) is 55.8 Å². The summed E-state index contributed by atoms with van der Waals surface area (Å²) >= 11 is 9.60. The molecule has 0 saturated heterocycles. The average Bonchev–Trinajstić information content (AvgIpc) is 2.92. The molecule has 0 radical (unpaired) electrons. The number of ether oxygens (including phenoxy) is 2. The molecule has 0 atom stereocenters. The van der Waals surface area contributed by atoms with E-state index in [0.717, 1.165) is 10.0 Å². The van der Waals surface area contributed by atoms with E-state index in [9.17, 15) is 9.59 Å². The van der Waals surface area contributed by atoms with Crippen LogP contribution in [0.5, 0.6) is 5.75 Å². The van der Waals surface area contributed by atoms with Crippen LogP contribution >= 0.6 is 27.5 Å². The summed E-state index contributed by atoms with van der Waals surface area (Å²) in [7, 11) is 2.80. The van der Waals surface area contributed by atoms with E-state index in [4.69, 9.17) is 21.1 Å². The van der Waals surface area contributed by atoms with Crippen LogP contribution in [0.3, 0.4) is 0 Å². The van der Waals surface area contributed by atoms with Crippen LogP contribution < -0.4 is 9.64 Å². The summed E-state index contributed by atoms with van der Waals surface area (Å²) in [5, 5.41) is 0.366. The van der Waals surface area contributed by atoms with Crippen molar-refractivity contribution >= 4 is 51.2 Å². The van der Waals surface area contributed by atoms with Gasteiger partial charge in [0.1, 0.15) is 5.75 Å². The van der Waals surface area contributed by atoms with Gasteiger partial charge in [0.05, 0.1) is 36.1 Å². The molecule has 7 heteroatoms. The quantitative estimate of drug-likeness (QED) is 0.474. The number of methoxy groups -OCH3 is 2. The lowest BCUT2D eigenvalue weighted by atomic mass is 10.0. The minimum Gasteiger partial charge on any atom is -0.495 e. The molecule has 1 amide bonds. The number of carbonyl (C=O) groups is 2. The van der Waals surface area contributed by atoms with Crippen molar-refractivity contribution in [2.75, 3.05) is 19.1 Å². The number of anilines is 1. The highest BCUT2D eigenvalue weighted by molar-refractivity contribution is 9.10. The number of allylic oxidation sites excluding steroid dienone is 1. The first-order valence-corrected chi connectivity index (χ1v) is 9.49. The van der Waals surface area contributed by atoms with Crippen molar-refractivity contribution in [1.82, 2.24) is 0 Å². The van der Waals surface area contributed by atoms with Gasteiger partial charge >= 0.3 is 5.97 Å². The molecule has 0 fully saturated rings. The number of hydrogen-bond donors (Lipinski definition) is 0. The van der Waals surface area contributed by atoms with Crippen molar-refractivity contribution < 1.29 is 19.1 Å². The number of hydrogen-bond acceptors (Lipinski definition) is 4. The second-order valence-corrected chi connectivity index (χ2v) is 7.34. The summed E-state index contributed by atoms with van der Waals surface area (Å²) in [5.74, 6) is -0.407. The third kappa shape index (κ3) is 3.70. The van der Waals surface area contributed by atoms with Crippen LogP contribution in [0.4, 0.5) is 5.69 Å². The Kier molecular flexibility index (Phi) is 5.91. The van der Waals surface area contributed by atoms with Gasteiger partial charge in [0.2, 0.25) is 0 Å². The number of carbonyl (C=O) groups excluding carboxylic acids is 2. The molecular weight excluding hydrogens is 446 g/mol. The minimum absolute atomic E-state index is 0.224.